The van der Waals surface area contributed by atoms with E-state index in [1.54, 1.807) is 0 Å². The second-order valence-corrected chi connectivity index (χ2v) is 9.25. The molecule has 0 radical (unpaired) electrons. The molecule has 0 aromatic carbocycles. The predicted molar refractivity (Wildman–Crippen MR) is 85.8 cm³/mol. The first kappa shape index (κ1) is 18.5. The number of rotatable bonds is 3. The van der Waals surface area contributed by atoms with Crippen molar-refractivity contribution in [1.29, 1.82) is 0 Å². The monoisotopic (exact) mass is 298 g/mol. The minimum Gasteiger partial charge on any atom is -0.435 e. The van der Waals surface area contributed by atoms with E-state index in [-0.39, 0.29) is 28.8 Å². The minimum atomic E-state index is -0.528. The fourth-order valence-corrected chi connectivity index (χ4v) is 3.14. The summed E-state index contributed by atoms with van der Waals surface area (Å²) < 4.78 is 11.5. The maximum Gasteiger partial charge on any atom is 0.314 e. The molecule has 1 aliphatic heterocycles. The quantitative estimate of drug-likeness (QED) is 0.703. The van der Waals surface area contributed by atoms with Crippen molar-refractivity contribution in [2.24, 2.45) is 22.2 Å². The molecule has 1 saturated heterocycles. The lowest BCUT2D eigenvalue weighted by Crippen LogP contribution is -2.45. The highest BCUT2D eigenvalue weighted by Crippen LogP contribution is 2.48. The van der Waals surface area contributed by atoms with Crippen molar-refractivity contribution in [1.82, 2.24) is 0 Å². The number of hydrogen-bond acceptors (Lipinski definition) is 3. The molecule has 4 unspecified atom stereocenters. The minimum absolute atomic E-state index is 0.0660. The molecule has 0 saturated carbocycles. The molecule has 4 atom stereocenters. The Kier molecular flexibility index (Phi) is 5.20. The summed E-state index contributed by atoms with van der Waals surface area (Å²) in [5.74, 6) is 0.138. The molecule has 0 aliphatic carbocycles. The van der Waals surface area contributed by atoms with E-state index in [2.05, 4.69) is 48.5 Å². The third kappa shape index (κ3) is 4.45. The summed E-state index contributed by atoms with van der Waals surface area (Å²) in [7, 11) is 0. The first-order valence-corrected chi connectivity index (χ1v) is 8.13. The second kappa shape index (κ2) is 5.91. The zero-order chi connectivity index (χ0) is 16.6. The highest BCUT2D eigenvalue weighted by Gasteiger charge is 2.49. The van der Waals surface area contributed by atoms with Crippen LogP contribution in [0.2, 0.25) is 0 Å². The Morgan fingerprint density at radius 1 is 1.10 bits per heavy atom. The summed E-state index contributed by atoms with van der Waals surface area (Å²) >= 11 is 0. The molecule has 1 aliphatic rings. The van der Waals surface area contributed by atoms with Crippen molar-refractivity contribution in [3.63, 3.8) is 0 Å². The number of esters is 1. The number of hydrogen-bond donors (Lipinski definition) is 0. The number of ether oxygens (including phenoxy) is 2. The number of carbonyl (C=O) groups is 1. The Balaban J connectivity index is 2.92. The highest BCUT2D eigenvalue weighted by atomic mass is 16.7. The lowest BCUT2D eigenvalue weighted by molar-refractivity contribution is -0.198. The van der Waals surface area contributed by atoms with Gasteiger partial charge in [0.2, 0.25) is 6.29 Å². The van der Waals surface area contributed by atoms with E-state index < -0.39 is 11.7 Å². The summed E-state index contributed by atoms with van der Waals surface area (Å²) in [5.41, 5.74) is -0.624. The van der Waals surface area contributed by atoms with Crippen molar-refractivity contribution < 1.29 is 14.3 Å². The Morgan fingerprint density at radius 3 is 1.95 bits per heavy atom. The normalized spacial score (nSPS) is 30.0. The lowest BCUT2D eigenvalue weighted by atomic mass is 9.61. The maximum atomic E-state index is 12.9. The van der Waals surface area contributed by atoms with Crippen molar-refractivity contribution in [2.45, 2.75) is 87.5 Å². The van der Waals surface area contributed by atoms with Crippen LogP contribution in [0.5, 0.6) is 0 Å². The predicted octanol–water partition coefficient (Wildman–Crippen LogP) is 4.79. The third-order valence-corrected chi connectivity index (χ3v) is 4.75. The van der Waals surface area contributed by atoms with Gasteiger partial charge in [0.05, 0.1) is 11.5 Å². The zero-order valence-electron chi connectivity index (χ0n) is 15.4. The summed E-state index contributed by atoms with van der Waals surface area (Å²) in [4.78, 5) is 12.9. The van der Waals surface area contributed by atoms with Gasteiger partial charge in [0.25, 0.3) is 0 Å². The van der Waals surface area contributed by atoms with Gasteiger partial charge in [-0.25, -0.2) is 0 Å². The van der Waals surface area contributed by atoms with E-state index in [0.717, 1.165) is 12.8 Å². The molecule has 0 amide bonds. The third-order valence-electron chi connectivity index (χ3n) is 4.75. The van der Waals surface area contributed by atoms with E-state index in [0.29, 0.717) is 0 Å². The molecule has 1 rings (SSSR count). The first-order valence-electron chi connectivity index (χ1n) is 8.13. The van der Waals surface area contributed by atoms with Gasteiger partial charge in [0, 0.05) is 5.92 Å². The fourth-order valence-electron chi connectivity index (χ4n) is 3.14. The van der Waals surface area contributed by atoms with Crippen LogP contribution in [-0.2, 0) is 14.3 Å². The molecule has 0 aromatic rings. The highest BCUT2D eigenvalue weighted by molar-refractivity contribution is 5.77. The Labute approximate surface area is 130 Å². The molecular weight excluding hydrogens is 264 g/mol. The van der Waals surface area contributed by atoms with E-state index in [1.807, 2.05) is 13.8 Å². The molecule has 3 heteroatoms. The van der Waals surface area contributed by atoms with Crippen LogP contribution in [0.15, 0.2) is 0 Å². The van der Waals surface area contributed by atoms with Crippen molar-refractivity contribution in [3.05, 3.63) is 0 Å². The summed E-state index contributed by atoms with van der Waals surface area (Å²) in [6.45, 7) is 19.0. The molecule has 0 spiro atoms. The van der Waals surface area contributed by atoms with Gasteiger partial charge < -0.3 is 9.47 Å². The van der Waals surface area contributed by atoms with Crippen LogP contribution in [-0.4, -0.2) is 18.4 Å². The molecule has 0 bridgehead atoms. The smallest absolute Gasteiger partial charge is 0.314 e. The van der Waals surface area contributed by atoms with Crippen LogP contribution in [0.25, 0.3) is 0 Å². The van der Waals surface area contributed by atoms with Gasteiger partial charge in [-0.1, -0.05) is 48.5 Å². The largest absolute Gasteiger partial charge is 0.435 e. The summed E-state index contributed by atoms with van der Waals surface area (Å²) in [6.07, 6.45) is 1.51. The standard InChI is InChI=1S/C18H34O3/c1-12-10-13(2)20-14(12)21-15(19)18(9,17(6,7)8)11-16(3,4)5/h12-14H,10-11H2,1-9H3. The van der Waals surface area contributed by atoms with Gasteiger partial charge in [-0.05, 0) is 37.5 Å². The Bertz CT molecular complexity index is 375. The van der Waals surface area contributed by atoms with Crippen LogP contribution in [0.4, 0.5) is 0 Å². The van der Waals surface area contributed by atoms with Gasteiger partial charge in [-0.3, -0.25) is 4.79 Å². The summed E-state index contributed by atoms with van der Waals surface area (Å²) in [5, 5.41) is 0. The molecule has 0 N–H and O–H groups in total. The molecular formula is C18H34O3. The molecule has 124 valence electrons. The van der Waals surface area contributed by atoms with Gasteiger partial charge in [0.15, 0.2) is 0 Å². The molecule has 1 heterocycles. The van der Waals surface area contributed by atoms with Crippen molar-refractivity contribution in [3.8, 4) is 0 Å². The number of carbonyl (C=O) groups excluding carboxylic acids is 1. The molecule has 1 fully saturated rings. The molecule has 3 nitrogen and oxygen atoms in total. The SMILES string of the molecule is CC1CC(C)C(OC(=O)C(C)(CC(C)(C)C)C(C)(C)C)O1. The fraction of sp³-hybridized carbons (Fsp3) is 0.944. The lowest BCUT2D eigenvalue weighted by Gasteiger charge is -2.43. The molecule has 21 heavy (non-hydrogen) atoms. The van der Waals surface area contributed by atoms with Gasteiger partial charge in [-0.15, -0.1) is 0 Å². The van der Waals surface area contributed by atoms with Crippen LogP contribution in [0.3, 0.4) is 0 Å². The van der Waals surface area contributed by atoms with Crippen molar-refractivity contribution in [2.75, 3.05) is 0 Å². The average Bonchev–Trinajstić information content (AvgIpc) is 2.53. The first-order chi connectivity index (χ1) is 9.26. The second-order valence-electron chi connectivity index (χ2n) is 9.25. The Hall–Kier alpha value is -0.570. The Morgan fingerprint density at radius 2 is 1.62 bits per heavy atom. The van der Waals surface area contributed by atoms with Crippen molar-refractivity contribution >= 4 is 5.97 Å². The van der Waals surface area contributed by atoms with Crippen LogP contribution < -0.4 is 0 Å². The maximum absolute atomic E-state index is 12.9. The van der Waals surface area contributed by atoms with E-state index >= 15 is 0 Å². The van der Waals surface area contributed by atoms with Gasteiger partial charge >= 0.3 is 5.97 Å². The topological polar surface area (TPSA) is 35.5 Å². The average molecular weight is 298 g/mol. The zero-order valence-corrected chi connectivity index (χ0v) is 15.4. The van der Waals surface area contributed by atoms with E-state index in [9.17, 15) is 4.79 Å². The van der Waals surface area contributed by atoms with Gasteiger partial charge in [-0.2, -0.15) is 0 Å². The van der Waals surface area contributed by atoms with E-state index in [4.69, 9.17) is 9.47 Å². The summed E-state index contributed by atoms with van der Waals surface area (Å²) in [6, 6.07) is 0. The van der Waals surface area contributed by atoms with Gasteiger partial charge in [0.1, 0.15) is 0 Å². The van der Waals surface area contributed by atoms with Crippen LogP contribution >= 0.6 is 0 Å². The van der Waals surface area contributed by atoms with Crippen LogP contribution in [0, 0.1) is 22.2 Å². The van der Waals surface area contributed by atoms with E-state index in [1.165, 1.54) is 0 Å². The van der Waals surface area contributed by atoms with Crippen LogP contribution in [0.1, 0.15) is 75.2 Å². The molecule has 0 aromatic heterocycles.